The lowest BCUT2D eigenvalue weighted by Gasteiger charge is -2.07. The van der Waals surface area contributed by atoms with Gasteiger partial charge in [-0.1, -0.05) is 19.8 Å². The standard InChI is InChI=1S/C16H21NO2/c1-3-5-6-7-12-10-16(18)19-15-11-13(17-4-2)8-9-14(12)15/h8-11,17H,3-7H2,1-2H3. The summed E-state index contributed by atoms with van der Waals surface area (Å²) >= 11 is 0. The van der Waals surface area contributed by atoms with Crippen LogP contribution < -0.4 is 10.9 Å². The van der Waals surface area contributed by atoms with Crippen molar-refractivity contribution in [1.82, 2.24) is 0 Å². The summed E-state index contributed by atoms with van der Waals surface area (Å²) in [7, 11) is 0. The molecule has 0 bridgehead atoms. The van der Waals surface area contributed by atoms with Gasteiger partial charge in [0.05, 0.1) is 0 Å². The van der Waals surface area contributed by atoms with Gasteiger partial charge in [0.25, 0.3) is 0 Å². The van der Waals surface area contributed by atoms with Crippen molar-refractivity contribution < 1.29 is 4.42 Å². The monoisotopic (exact) mass is 259 g/mol. The van der Waals surface area contributed by atoms with E-state index in [2.05, 4.69) is 12.2 Å². The fraction of sp³-hybridized carbons (Fsp3) is 0.438. The van der Waals surface area contributed by atoms with Crippen LogP contribution in [0.15, 0.2) is 33.5 Å². The van der Waals surface area contributed by atoms with Crippen molar-refractivity contribution in [1.29, 1.82) is 0 Å². The van der Waals surface area contributed by atoms with Gasteiger partial charge in [0, 0.05) is 29.8 Å². The number of hydrogen-bond acceptors (Lipinski definition) is 3. The van der Waals surface area contributed by atoms with Crippen molar-refractivity contribution in [3.05, 3.63) is 40.2 Å². The van der Waals surface area contributed by atoms with E-state index in [1.807, 2.05) is 25.1 Å². The minimum absolute atomic E-state index is 0.257. The van der Waals surface area contributed by atoms with E-state index in [1.54, 1.807) is 6.07 Å². The number of fused-ring (bicyclic) bond motifs is 1. The molecule has 19 heavy (non-hydrogen) atoms. The van der Waals surface area contributed by atoms with E-state index in [4.69, 9.17) is 4.42 Å². The van der Waals surface area contributed by atoms with Crippen LogP contribution in [0.5, 0.6) is 0 Å². The van der Waals surface area contributed by atoms with Crippen molar-refractivity contribution in [2.75, 3.05) is 11.9 Å². The van der Waals surface area contributed by atoms with Crippen LogP contribution in [0, 0.1) is 0 Å². The van der Waals surface area contributed by atoms with Crippen molar-refractivity contribution in [2.45, 2.75) is 39.5 Å². The number of hydrogen-bond donors (Lipinski definition) is 1. The van der Waals surface area contributed by atoms with Crippen molar-refractivity contribution in [2.24, 2.45) is 0 Å². The molecule has 0 amide bonds. The SMILES string of the molecule is CCCCCc1cc(=O)oc2cc(NCC)ccc12. The number of benzene rings is 1. The molecule has 0 spiro atoms. The molecule has 2 rings (SSSR count). The number of anilines is 1. The average molecular weight is 259 g/mol. The highest BCUT2D eigenvalue weighted by atomic mass is 16.4. The predicted molar refractivity (Wildman–Crippen MR) is 79.9 cm³/mol. The molecular formula is C16H21NO2. The van der Waals surface area contributed by atoms with E-state index >= 15 is 0 Å². The van der Waals surface area contributed by atoms with Crippen molar-refractivity contribution >= 4 is 16.7 Å². The molecule has 0 saturated heterocycles. The van der Waals surface area contributed by atoms with Gasteiger partial charge in [-0.25, -0.2) is 4.79 Å². The first-order valence-corrected chi connectivity index (χ1v) is 7.05. The third-order valence-corrected chi connectivity index (χ3v) is 3.26. The summed E-state index contributed by atoms with van der Waals surface area (Å²) in [5.41, 5.74) is 2.51. The second kappa shape index (κ2) is 6.41. The summed E-state index contributed by atoms with van der Waals surface area (Å²) in [5.74, 6) is 0. The van der Waals surface area contributed by atoms with Crippen LogP contribution in [0.2, 0.25) is 0 Å². The molecule has 1 aromatic carbocycles. The Hall–Kier alpha value is -1.77. The van der Waals surface area contributed by atoms with E-state index < -0.39 is 0 Å². The van der Waals surface area contributed by atoms with E-state index in [9.17, 15) is 4.79 Å². The average Bonchev–Trinajstić information content (AvgIpc) is 2.38. The molecule has 3 heteroatoms. The zero-order chi connectivity index (χ0) is 13.7. The molecule has 1 N–H and O–H groups in total. The third-order valence-electron chi connectivity index (χ3n) is 3.26. The normalized spacial score (nSPS) is 10.8. The zero-order valence-corrected chi connectivity index (χ0v) is 11.7. The molecule has 0 atom stereocenters. The van der Waals surface area contributed by atoms with Crippen LogP contribution in [-0.2, 0) is 6.42 Å². The van der Waals surface area contributed by atoms with Crippen LogP contribution >= 0.6 is 0 Å². The molecule has 0 saturated carbocycles. The summed E-state index contributed by atoms with van der Waals surface area (Å²) in [5, 5.41) is 4.28. The number of rotatable bonds is 6. The molecule has 0 aliphatic rings. The molecule has 3 nitrogen and oxygen atoms in total. The molecule has 0 fully saturated rings. The molecule has 1 aromatic heterocycles. The summed E-state index contributed by atoms with van der Waals surface area (Å²) < 4.78 is 5.30. The fourth-order valence-corrected chi connectivity index (χ4v) is 2.32. The highest BCUT2D eigenvalue weighted by molar-refractivity contribution is 5.83. The van der Waals surface area contributed by atoms with Crippen LogP contribution in [0.3, 0.4) is 0 Å². The summed E-state index contributed by atoms with van der Waals surface area (Å²) in [6, 6.07) is 7.61. The largest absolute Gasteiger partial charge is 0.423 e. The molecule has 1 heterocycles. The van der Waals surface area contributed by atoms with Gasteiger partial charge in [-0.15, -0.1) is 0 Å². The van der Waals surface area contributed by atoms with E-state index in [1.165, 1.54) is 12.8 Å². The Labute approximate surface area is 113 Å². The van der Waals surface area contributed by atoms with Gasteiger partial charge in [-0.3, -0.25) is 0 Å². The lowest BCUT2D eigenvalue weighted by molar-refractivity contribution is 0.558. The number of aryl methyl sites for hydroxylation is 1. The van der Waals surface area contributed by atoms with Gasteiger partial charge < -0.3 is 9.73 Å². The third kappa shape index (κ3) is 3.37. The van der Waals surface area contributed by atoms with Gasteiger partial charge in [0.1, 0.15) is 5.58 Å². The minimum Gasteiger partial charge on any atom is -0.423 e. The topological polar surface area (TPSA) is 42.2 Å². The lowest BCUT2D eigenvalue weighted by Crippen LogP contribution is -2.02. The summed E-state index contributed by atoms with van der Waals surface area (Å²) in [4.78, 5) is 11.6. The maximum atomic E-state index is 11.6. The van der Waals surface area contributed by atoms with Crippen LogP contribution in [0.4, 0.5) is 5.69 Å². The Bertz CT molecular complexity index is 601. The Balaban J connectivity index is 2.38. The van der Waals surface area contributed by atoms with Gasteiger partial charge in [0.15, 0.2) is 0 Å². The minimum atomic E-state index is -0.257. The summed E-state index contributed by atoms with van der Waals surface area (Å²) in [6.45, 7) is 5.08. The van der Waals surface area contributed by atoms with Crippen molar-refractivity contribution in [3.8, 4) is 0 Å². The molecule has 2 aromatic rings. The first-order chi connectivity index (χ1) is 9.24. The Morgan fingerprint density at radius 2 is 2.00 bits per heavy atom. The Morgan fingerprint density at radius 3 is 2.74 bits per heavy atom. The first-order valence-electron chi connectivity index (χ1n) is 7.05. The Morgan fingerprint density at radius 1 is 1.16 bits per heavy atom. The maximum Gasteiger partial charge on any atom is 0.336 e. The van der Waals surface area contributed by atoms with Crippen LogP contribution in [0.25, 0.3) is 11.0 Å². The van der Waals surface area contributed by atoms with E-state index in [0.717, 1.165) is 36.0 Å². The van der Waals surface area contributed by atoms with Gasteiger partial charge in [-0.2, -0.15) is 0 Å². The molecule has 0 radical (unpaired) electrons. The van der Waals surface area contributed by atoms with Gasteiger partial charge in [-0.05, 0) is 37.5 Å². The fourth-order valence-electron chi connectivity index (χ4n) is 2.32. The highest BCUT2D eigenvalue weighted by Gasteiger charge is 2.06. The zero-order valence-electron chi connectivity index (χ0n) is 11.7. The van der Waals surface area contributed by atoms with Gasteiger partial charge >= 0.3 is 5.63 Å². The molecule has 0 aliphatic carbocycles. The second-order valence-electron chi connectivity index (χ2n) is 4.79. The molecule has 0 unspecified atom stereocenters. The Kier molecular flexibility index (Phi) is 4.61. The van der Waals surface area contributed by atoms with Crippen molar-refractivity contribution in [3.63, 3.8) is 0 Å². The molecule has 102 valence electrons. The number of nitrogens with one attached hydrogen (secondary N) is 1. The second-order valence-corrected chi connectivity index (χ2v) is 4.79. The van der Waals surface area contributed by atoms with E-state index in [0.29, 0.717) is 5.58 Å². The first kappa shape index (κ1) is 13.7. The predicted octanol–water partition coefficient (Wildman–Crippen LogP) is 3.96. The van der Waals surface area contributed by atoms with E-state index in [-0.39, 0.29) is 5.63 Å². The summed E-state index contributed by atoms with van der Waals surface area (Å²) in [6.07, 6.45) is 4.43. The van der Waals surface area contributed by atoms with Gasteiger partial charge in [0.2, 0.25) is 0 Å². The van der Waals surface area contributed by atoms with Crippen LogP contribution in [-0.4, -0.2) is 6.54 Å². The maximum absolute atomic E-state index is 11.6. The lowest BCUT2D eigenvalue weighted by atomic mass is 10.0. The quantitative estimate of drug-likeness (QED) is 0.630. The molecule has 0 aliphatic heterocycles. The molecular weight excluding hydrogens is 238 g/mol. The van der Waals surface area contributed by atoms with Crippen LogP contribution in [0.1, 0.15) is 38.7 Å². The smallest absolute Gasteiger partial charge is 0.336 e. The number of unbranched alkanes of at least 4 members (excludes halogenated alkanes) is 2. The highest BCUT2D eigenvalue weighted by Crippen LogP contribution is 2.22.